The molecule has 1 aliphatic rings. The molecule has 0 bridgehead atoms. The summed E-state index contributed by atoms with van der Waals surface area (Å²) in [5, 5.41) is 12.5. The highest BCUT2D eigenvalue weighted by molar-refractivity contribution is 8.09. The van der Waals surface area contributed by atoms with Gasteiger partial charge in [0.05, 0.1) is 0 Å². The van der Waals surface area contributed by atoms with E-state index in [2.05, 4.69) is 21.0 Å². The zero-order valence-corrected chi connectivity index (χ0v) is 11.8. The smallest absolute Gasteiger partial charge is 0.0157 e. The monoisotopic (exact) mass is 274 g/mol. The molecule has 4 heteroatoms. The summed E-state index contributed by atoms with van der Waals surface area (Å²) >= 11 is 6.93. The van der Waals surface area contributed by atoms with Crippen LogP contribution in [0.5, 0.6) is 0 Å². The zero-order chi connectivity index (χ0) is 10.6. The summed E-state index contributed by atoms with van der Waals surface area (Å²) in [7, 11) is 0. The first-order valence-electron chi connectivity index (χ1n) is 4.97. The van der Waals surface area contributed by atoms with E-state index in [0.29, 0.717) is 0 Å². The number of thioether (sulfide) groups is 4. The number of rotatable bonds is 0. The van der Waals surface area contributed by atoms with Crippen LogP contribution in [0, 0.1) is 21.0 Å². The standard InChI is InChI=1S/C11H14S4/c1-2-4-12-6-8-14-10-11-15-9-7-13-5-3-1/h1-5,10-11H2. The van der Waals surface area contributed by atoms with Crippen LogP contribution in [-0.4, -0.2) is 23.0 Å². The summed E-state index contributed by atoms with van der Waals surface area (Å²) in [6.45, 7) is 0. The van der Waals surface area contributed by atoms with Crippen LogP contribution in [0.4, 0.5) is 0 Å². The summed E-state index contributed by atoms with van der Waals surface area (Å²) in [5.41, 5.74) is 0. The number of hydrogen-bond acceptors (Lipinski definition) is 4. The summed E-state index contributed by atoms with van der Waals surface area (Å²) in [6.07, 6.45) is 3.88. The fraction of sp³-hybridized carbons (Fsp3) is 0.636. The van der Waals surface area contributed by atoms with Crippen molar-refractivity contribution >= 4 is 47.0 Å². The highest BCUT2D eigenvalue weighted by Crippen LogP contribution is 2.11. The van der Waals surface area contributed by atoms with Gasteiger partial charge in [-0.2, -0.15) is 0 Å². The van der Waals surface area contributed by atoms with Crippen molar-refractivity contribution in [2.75, 3.05) is 23.0 Å². The van der Waals surface area contributed by atoms with Gasteiger partial charge in [-0.15, -0.1) is 0 Å². The Morgan fingerprint density at radius 3 is 1.33 bits per heavy atom. The minimum atomic E-state index is 1.08. The van der Waals surface area contributed by atoms with Gasteiger partial charge < -0.3 is 0 Å². The Hall–Kier alpha value is 0.520. The molecule has 1 aliphatic heterocycles. The quantitative estimate of drug-likeness (QED) is 0.613. The molecule has 0 atom stereocenters. The maximum absolute atomic E-state index is 3.13. The third kappa shape index (κ3) is 9.45. The van der Waals surface area contributed by atoms with E-state index in [1.807, 2.05) is 0 Å². The maximum Gasteiger partial charge on any atom is 0.0157 e. The molecule has 0 aromatic carbocycles. The lowest BCUT2D eigenvalue weighted by Crippen LogP contribution is -1.81. The first-order valence-corrected chi connectivity index (χ1v) is 8.91. The van der Waals surface area contributed by atoms with E-state index < -0.39 is 0 Å². The lowest BCUT2D eigenvalue weighted by molar-refractivity contribution is 0.787. The van der Waals surface area contributed by atoms with Gasteiger partial charge in [0, 0.05) is 23.0 Å². The number of hydrogen-bond donors (Lipinski definition) is 0. The van der Waals surface area contributed by atoms with Crippen LogP contribution in [0.25, 0.3) is 0 Å². The second kappa shape index (κ2) is 11.0. The van der Waals surface area contributed by atoms with Crippen molar-refractivity contribution in [3.63, 3.8) is 0 Å². The van der Waals surface area contributed by atoms with Crippen LogP contribution < -0.4 is 0 Å². The fourth-order valence-electron chi connectivity index (χ4n) is 0.931. The van der Waals surface area contributed by atoms with E-state index in [1.165, 1.54) is 30.8 Å². The maximum atomic E-state index is 3.13. The largest absolute Gasteiger partial charge is 0.0742 e. The fourth-order valence-corrected chi connectivity index (χ4v) is 3.65. The molecule has 0 aromatic heterocycles. The Kier molecular flexibility index (Phi) is 9.98. The highest BCUT2D eigenvalue weighted by atomic mass is 32.2. The van der Waals surface area contributed by atoms with Gasteiger partial charge in [0.25, 0.3) is 0 Å². The predicted octanol–water partition coefficient (Wildman–Crippen LogP) is 3.94. The van der Waals surface area contributed by atoms with E-state index >= 15 is 0 Å². The van der Waals surface area contributed by atoms with Gasteiger partial charge in [-0.3, -0.25) is 0 Å². The SMILES string of the molecule is C1#CSCCSC#CSCCCCCS1. The summed E-state index contributed by atoms with van der Waals surface area (Å²) < 4.78 is 0. The molecule has 82 valence electrons. The molecule has 0 N–H and O–H groups in total. The molecular weight excluding hydrogens is 260 g/mol. The minimum Gasteiger partial charge on any atom is -0.0742 e. The second-order valence-electron chi connectivity index (χ2n) is 2.86. The van der Waals surface area contributed by atoms with E-state index in [4.69, 9.17) is 0 Å². The van der Waals surface area contributed by atoms with Crippen LogP contribution in [0.1, 0.15) is 19.3 Å². The van der Waals surface area contributed by atoms with E-state index in [1.54, 1.807) is 47.0 Å². The summed E-state index contributed by atoms with van der Waals surface area (Å²) in [5.74, 6) is 4.52. The zero-order valence-electron chi connectivity index (χ0n) is 8.58. The molecule has 1 rings (SSSR count). The van der Waals surface area contributed by atoms with Gasteiger partial charge in [-0.05, 0) is 33.9 Å². The minimum absolute atomic E-state index is 1.08. The first kappa shape index (κ1) is 13.6. The highest BCUT2D eigenvalue weighted by Gasteiger charge is 1.90. The van der Waals surface area contributed by atoms with Crippen LogP contribution in [0.15, 0.2) is 0 Å². The molecule has 0 nitrogen and oxygen atoms in total. The molecule has 0 fully saturated rings. The average Bonchev–Trinajstić information content (AvgIpc) is 2.27. The molecular formula is C11H14S4. The summed E-state index contributed by atoms with van der Waals surface area (Å²) in [4.78, 5) is 0. The van der Waals surface area contributed by atoms with Crippen LogP contribution in [0.2, 0.25) is 0 Å². The lowest BCUT2D eigenvalue weighted by atomic mass is 10.3. The van der Waals surface area contributed by atoms with Crippen LogP contribution in [-0.2, 0) is 0 Å². The van der Waals surface area contributed by atoms with Gasteiger partial charge in [-0.25, -0.2) is 0 Å². The second-order valence-corrected chi connectivity index (χ2v) is 6.47. The van der Waals surface area contributed by atoms with E-state index in [9.17, 15) is 0 Å². The molecule has 1 heterocycles. The van der Waals surface area contributed by atoms with Crippen molar-refractivity contribution in [3.8, 4) is 21.0 Å². The van der Waals surface area contributed by atoms with Crippen molar-refractivity contribution in [2.45, 2.75) is 19.3 Å². The van der Waals surface area contributed by atoms with Crippen molar-refractivity contribution < 1.29 is 0 Å². The van der Waals surface area contributed by atoms with Gasteiger partial charge in [0.2, 0.25) is 0 Å². The molecule has 0 spiro atoms. The Bertz CT molecular complexity index is 238. The molecule has 0 saturated carbocycles. The van der Waals surface area contributed by atoms with Gasteiger partial charge in [0.15, 0.2) is 0 Å². The molecule has 0 radical (unpaired) electrons. The predicted molar refractivity (Wildman–Crippen MR) is 79.2 cm³/mol. The lowest BCUT2D eigenvalue weighted by Gasteiger charge is -1.95. The Morgan fingerprint density at radius 1 is 0.467 bits per heavy atom. The van der Waals surface area contributed by atoms with Crippen molar-refractivity contribution in [1.82, 2.24) is 0 Å². The van der Waals surface area contributed by atoms with Gasteiger partial charge >= 0.3 is 0 Å². The molecule has 0 saturated heterocycles. The Balaban J connectivity index is 2.21. The van der Waals surface area contributed by atoms with Crippen molar-refractivity contribution in [1.29, 1.82) is 0 Å². The normalized spacial score (nSPS) is 19.7. The Labute approximate surface area is 110 Å². The first-order chi connectivity index (χ1) is 7.50. The molecule has 0 unspecified atom stereocenters. The molecule has 0 aromatic rings. The third-order valence-electron chi connectivity index (χ3n) is 1.65. The van der Waals surface area contributed by atoms with Gasteiger partial charge in [0.1, 0.15) is 0 Å². The van der Waals surface area contributed by atoms with Crippen molar-refractivity contribution in [2.24, 2.45) is 0 Å². The summed E-state index contributed by atoms with van der Waals surface area (Å²) in [6, 6.07) is 0. The van der Waals surface area contributed by atoms with E-state index in [-0.39, 0.29) is 0 Å². The molecule has 0 amide bonds. The molecule has 15 heavy (non-hydrogen) atoms. The van der Waals surface area contributed by atoms with Crippen LogP contribution >= 0.6 is 47.0 Å². The van der Waals surface area contributed by atoms with Crippen molar-refractivity contribution in [3.05, 3.63) is 0 Å². The van der Waals surface area contributed by atoms with Gasteiger partial charge in [-0.1, -0.05) is 53.5 Å². The molecule has 0 aliphatic carbocycles. The third-order valence-corrected chi connectivity index (χ3v) is 4.96. The Morgan fingerprint density at radius 2 is 0.867 bits per heavy atom. The topological polar surface area (TPSA) is 0 Å². The van der Waals surface area contributed by atoms with E-state index in [0.717, 1.165) is 11.5 Å². The average molecular weight is 275 g/mol. The van der Waals surface area contributed by atoms with Crippen LogP contribution in [0.3, 0.4) is 0 Å².